The first-order valence-electron chi connectivity index (χ1n) is 11.3. The Morgan fingerprint density at radius 1 is 0.880 bits per heavy atom. The van der Waals surface area contributed by atoms with E-state index in [9.17, 15) is 0 Å². The van der Waals surface area contributed by atoms with Crippen LogP contribution in [-0.4, -0.2) is 0 Å². The fourth-order valence-electron chi connectivity index (χ4n) is 3.44. The van der Waals surface area contributed by atoms with Crippen LogP contribution in [0.25, 0.3) is 0 Å². The van der Waals surface area contributed by atoms with Crippen molar-refractivity contribution in [1.29, 1.82) is 0 Å². The second-order valence-electron chi connectivity index (χ2n) is 8.97. The Labute approximate surface area is 163 Å². The second kappa shape index (κ2) is 20.1. The average molecular weight is 355 g/mol. The summed E-state index contributed by atoms with van der Waals surface area (Å²) in [4.78, 5) is 0. The van der Waals surface area contributed by atoms with Gasteiger partial charge in [0.15, 0.2) is 0 Å². The molecule has 0 amide bonds. The summed E-state index contributed by atoms with van der Waals surface area (Å²) < 4.78 is 0. The molecule has 1 rings (SSSR count). The molecule has 0 aromatic rings. The average Bonchev–Trinajstić information content (AvgIpc) is 2.52. The molecule has 0 aliphatic heterocycles. The highest BCUT2D eigenvalue weighted by atomic mass is 14.3. The lowest BCUT2D eigenvalue weighted by Gasteiger charge is -2.33. The minimum atomic E-state index is 0.537. The number of rotatable bonds is 4. The Morgan fingerprint density at radius 2 is 1.28 bits per heavy atom. The highest BCUT2D eigenvalue weighted by Crippen LogP contribution is 2.38. The van der Waals surface area contributed by atoms with Crippen molar-refractivity contribution in [3.63, 3.8) is 0 Å². The Hall–Kier alpha value is -0.260. The standard InChI is InChI=1S/C15H30.C5H10.C3H8.C2H6/c1-12(2)10-13-6-8-14(9-7-13)11-15(3,4)5;1-3-5-4-2;1-3-2;1-2/h12-14H,6-11H2,1-5H3;3,5H,4H2,1-2H3;3H2,1-2H3;1-2H3/b;5-3+;;. The molecule has 0 heterocycles. The lowest BCUT2D eigenvalue weighted by Crippen LogP contribution is -2.20. The van der Waals surface area contributed by atoms with Gasteiger partial charge in [-0.15, -0.1) is 0 Å². The van der Waals surface area contributed by atoms with Gasteiger partial charge in [0.2, 0.25) is 0 Å². The van der Waals surface area contributed by atoms with Crippen LogP contribution >= 0.6 is 0 Å². The normalized spacial score (nSPS) is 20.0. The molecule has 0 spiro atoms. The maximum absolute atomic E-state index is 2.38. The van der Waals surface area contributed by atoms with E-state index in [1.807, 2.05) is 20.8 Å². The van der Waals surface area contributed by atoms with Gasteiger partial charge in [-0.2, -0.15) is 0 Å². The van der Waals surface area contributed by atoms with E-state index in [1.165, 1.54) is 44.9 Å². The molecule has 1 saturated carbocycles. The molecule has 25 heavy (non-hydrogen) atoms. The summed E-state index contributed by atoms with van der Waals surface area (Å²) in [6, 6.07) is 0. The summed E-state index contributed by atoms with van der Waals surface area (Å²) in [6.45, 7) is 24.3. The van der Waals surface area contributed by atoms with Crippen LogP contribution < -0.4 is 0 Å². The van der Waals surface area contributed by atoms with Crippen LogP contribution in [0.3, 0.4) is 0 Å². The van der Waals surface area contributed by atoms with Crippen molar-refractivity contribution in [2.24, 2.45) is 23.2 Å². The van der Waals surface area contributed by atoms with Crippen molar-refractivity contribution in [2.75, 3.05) is 0 Å². The first-order valence-corrected chi connectivity index (χ1v) is 11.3. The topological polar surface area (TPSA) is 0 Å². The van der Waals surface area contributed by atoms with E-state index in [4.69, 9.17) is 0 Å². The van der Waals surface area contributed by atoms with Crippen LogP contribution in [0.15, 0.2) is 12.2 Å². The molecule has 0 N–H and O–H groups in total. The zero-order chi connectivity index (χ0) is 20.3. The van der Waals surface area contributed by atoms with Crippen molar-refractivity contribution in [1.82, 2.24) is 0 Å². The predicted molar refractivity (Wildman–Crippen MR) is 121 cm³/mol. The van der Waals surface area contributed by atoms with Gasteiger partial charge in [0, 0.05) is 0 Å². The SMILES string of the molecule is C/C=C/CC.CC.CC(C)CC1CCC(CC(C)(C)C)CC1.CCC. The number of allylic oxidation sites excluding steroid dienone is 2. The molecule has 0 heteroatoms. The molecule has 0 aromatic heterocycles. The van der Waals surface area contributed by atoms with E-state index in [1.54, 1.807) is 0 Å². The Kier molecular flexibility index (Phi) is 23.7. The lowest BCUT2D eigenvalue weighted by atomic mass is 9.73. The van der Waals surface area contributed by atoms with Crippen LogP contribution in [0.2, 0.25) is 0 Å². The summed E-state index contributed by atoms with van der Waals surface area (Å²) in [5.74, 6) is 2.96. The van der Waals surface area contributed by atoms with Crippen LogP contribution in [0.5, 0.6) is 0 Å². The third-order valence-corrected chi connectivity index (χ3v) is 4.14. The van der Waals surface area contributed by atoms with Crippen LogP contribution in [0.1, 0.15) is 128 Å². The van der Waals surface area contributed by atoms with Gasteiger partial charge in [0.25, 0.3) is 0 Å². The Bertz CT molecular complexity index is 246. The highest BCUT2D eigenvalue weighted by Gasteiger charge is 2.25. The molecular formula is C25H54. The van der Waals surface area contributed by atoms with Gasteiger partial charge >= 0.3 is 0 Å². The summed E-state index contributed by atoms with van der Waals surface area (Å²) in [5, 5.41) is 0. The zero-order valence-electron chi connectivity index (χ0n) is 20.0. The molecule has 0 atom stereocenters. The molecule has 1 aliphatic carbocycles. The fourth-order valence-corrected chi connectivity index (χ4v) is 3.44. The van der Waals surface area contributed by atoms with E-state index in [2.05, 4.69) is 67.5 Å². The Balaban J connectivity index is -0.000000404. The van der Waals surface area contributed by atoms with Crippen molar-refractivity contribution in [3.05, 3.63) is 12.2 Å². The van der Waals surface area contributed by atoms with E-state index in [0.29, 0.717) is 5.41 Å². The molecule has 0 nitrogen and oxygen atoms in total. The molecule has 0 unspecified atom stereocenters. The monoisotopic (exact) mass is 354 g/mol. The molecule has 0 aromatic carbocycles. The molecule has 154 valence electrons. The van der Waals surface area contributed by atoms with Gasteiger partial charge in [-0.05, 0) is 49.4 Å². The third-order valence-electron chi connectivity index (χ3n) is 4.14. The lowest BCUT2D eigenvalue weighted by molar-refractivity contribution is 0.191. The minimum Gasteiger partial charge on any atom is -0.0917 e. The largest absolute Gasteiger partial charge is 0.0917 e. The highest BCUT2D eigenvalue weighted by molar-refractivity contribution is 4.77. The van der Waals surface area contributed by atoms with Crippen molar-refractivity contribution in [2.45, 2.75) is 128 Å². The zero-order valence-corrected chi connectivity index (χ0v) is 20.0. The van der Waals surface area contributed by atoms with E-state index in [0.717, 1.165) is 24.2 Å². The predicted octanol–water partition coefficient (Wildman–Crippen LogP) is 9.69. The second-order valence-corrected chi connectivity index (χ2v) is 8.97. The van der Waals surface area contributed by atoms with Crippen LogP contribution in [0.4, 0.5) is 0 Å². The third kappa shape index (κ3) is 26.1. The number of hydrogen-bond donors (Lipinski definition) is 0. The summed E-state index contributed by atoms with van der Waals surface area (Å²) in [5.41, 5.74) is 0.537. The van der Waals surface area contributed by atoms with Gasteiger partial charge in [-0.25, -0.2) is 0 Å². The van der Waals surface area contributed by atoms with Gasteiger partial charge in [-0.1, -0.05) is 113 Å². The van der Waals surface area contributed by atoms with Gasteiger partial charge < -0.3 is 0 Å². The quantitative estimate of drug-likeness (QED) is 0.441. The molecule has 0 radical (unpaired) electrons. The van der Waals surface area contributed by atoms with Crippen molar-refractivity contribution >= 4 is 0 Å². The van der Waals surface area contributed by atoms with Gasteiger partial charge in [-0.3, -0.25) is 0 Å². The minimum absolute atomic E-state index is 0.537. The van der Waals surface area contributed by atoms with E-state index in [-0.39, 0.29) is 0 Å². The summed E-state index contributed by atoms with van der Waals surface area (Å²) >= 11 is 0. The molecule has 0 saturated heterocycles. The van der Waals surface area contributed by atoms with E-state index < -0.39 is 0 Å². The first-order chi connectivity index (χ1) is 11.7. The van der Waals surface area contributed by atoms with Gasteiger partial charge in [0.05, 0.1) is 0 Å². The maximum atomic E-state index is 2.38. The summed E-state index contributed by atoms with van der Waals surface area (Å²) in [7, 11) is 0. The molecule has 0 bridgehead atoms. The number of hydrogen-bond acceptors (Lipinski definition) is 0. The fraction of sp³-hybridized carbons (Fsp3) is 0.920. The first kappa shape index (κ1) is 29.5. The van der Waals surface area contributed by atoms with Crippen molar-refractivity contribution < 1.29 is 0 Å². The molecular weight excluding hydrogens is 300 g/mol. The Morgan fingerprint density at radius 3 is 1.52 bits per heavy atom. The molecule has 1 aliphatic rings. The molecule has 1 fully saturated rings. The maximum Gasteiger partial charge on any atom is -0.0379 e. The van der Waals surface area contributed by atoms with Gasteiger partial charge in [0.1, 0.15) is 0 Å². The van der Waals surface area contributed by atoms with Crippen molar-refractivity contribution in [3.8, 4) is 0 Å². The van der Waals surface area contributed by atoms with Crippen LogP contribution in [0, 0.1) is 23.2 Å². The van der Waals surface area contributed by atoms with Crippen LogP contribution in [-0.2, 0) is 0 Å². The summed E-state index contributed by atoms with van der Waals surface area (Å²) in [6.07, 6.45) is 15.5. The smallest absolute Gasteiger partial charge is 0.0379 e. The van der Waals surface area contributed by atoms with E-state index >= 15 is 0 Å².